The number of piperidine rings is 1. The fraction of sp³-hybridized carbons (Fsp3) is 0.393. The molecule has 0 aromatic heterocycles. The summed E-state index contributed by atoms with van der Waals surface area (Å²) in [7, 11) is 0. The molecule has 0 unspecified atom stereocenters. The number of hydrogen-bond donors (Lipinski definition) is 0. The van der Waals surface area contributed by atoms with E-state index in [1.807, 2.05) is 12.2 Å². The lowest BCUT2D eigenvalue weighted by molar-refractivity contribution is -0.384. The first-order valence-electron chi connectivity index (χ1n) is 12.2. The Morgan fingerprint density at radius 2 is 1.51 bits per heavy atom. The van der Waals surface area contributed by atoms with Crippen molar-refractivity contribution in [1.82, 2.24) is 0 Å². The Balaban J connectivity index is 1.32. The predicted molar refractivity (Wildman–Crippen MR) is 139 cm³/mol. The molecule has 0 radical (unpaired) electrons. The smallest absolute Gasteiger partial charge is 0.330 e. The van der Waals surface area contributed by atoms with Gasteiger partial charge in [-0.25, -0.2) is 4.79 Å². The Morgan fingerprint density at radius 1 is 0.943 bits per heavy atom. The van der Waals surface area contributed by atoms with Gasteiger partial charge in [-0.15, -0.1) is 0 Å². The maximum absolute atomic E-state index is 11.0. The number of non-ortho nitro benzene ring substituents is 1. The number of esters is 1. The molecular weight excluding hydrogens is 444 g/mol. The second-order valence-corrected chi connectivity index (χ2v) is 8.62. The van der Waals surface area contributed by atoms with Gasteiger partial charge >= 0.3 is 5.97 Å². The zero-order valence-electron chi connectivity index (χ0n) is 20.1. The van der Waals surface area contributed by atoms with Gasteiger partial charge in [-0.05, 0) is 67.5 Å². The molecule has 0 bridgehead atoms. The summed E-state index contributed by atoms with van der Waals surface area (Å²) < 4.78 is 11.0. The third-order valence-corrected chi connectivity index (χ3v) is 6.08. The Hall–Kier alpha value is -3.45. The lowest BCUT2D eigenvalue weighted by Crippen LogP contribution is -2.37. The zero-order chi connectivity index (χ0) is 24.9. The molecule has 1 saturated heterocycles. The number of nitro groups is 1. The van der Waals surface area contributed by atoms with Crippen molar-refractivity contribution in [1.29, 1.82) is 0 Å². The summed E-state index contributed by atoms with van der Waals surface area (Å²) in [5, 5.41) is 10.8. The molecule has 186 valence electrons. The highest BCUT2D eigenvalue weighted by Gasteiger charge is 2.19. The van der Waals surface area contributed by atoms with Gasteiger partial charge in [0.1, 0.15) is 0 Å². The molecule has 0 amide bonds. The van der Waals surface area contributed by atoms with E-state index in [1.54, 1.807) is 12.1 Å². The van der Waals surface area contributed by atoms with E-state index in [0.717, 1.165) is 69.3 Å². The number of rotatable bonds is 13. The van der Waals surface area contributed by atoms with Crippen LogP contribution < -0.4 is 4.90 Å². The first-order valence-corrected chi connectivity index (χ1v) is 12.2. The molecule has 0 N–H and O–H groups in total. The molecule has 1 heterocycles. The SMILES string of the molecule is C=CC(=O)OCCCCCCOC1CCN(c2ccc(C=Cc3ccc([N+](=O)[O-])cc3)cc2)CC1. The molecule has 1 fully saturated rings. The standard InChI is InChI=1S/C28H34N2O5/c1-2-28(31)35-22-6-4-3-5-21-34-27-17-19-29(20-18-27)25-13-9-23(10-14-25)7-8-24-11-15-26(16-12-24)30(32)33/h2,7-16,27H,1,3-6,17-22H2. The maximum atomic E-state index is 11.0. The van der Waals surface area contributed by atoms with Gasteiger partial charge in [0.2, 0.25) is 0 Å². The normalized spacial score (nSPS) is 14.2. The van der Waals surface area contributed by atoms with Gasteiger partial charge in [-0.1, -0.05) is 37.3 Å². The van der Waals surface area contributed by atoms with E-state index in [9.17, 15) is 14.9 Å². The van der Waals surface area contributed by atoms with Crippen LogP contribution in [0.2, 0.25) is 0 Å². The van der Waals surface area contributed by atoms with E-state index in [4.69, 9.17) is 9.47 Å². The zero-order valence-corrected chi connectivity index (χ0v) is 20.1. The van der Waals surface area contributed by atoms with Crippen LogP contribution in [0, 0.1) is 10.1 Å². The molecule has 2 aromatic rings. The number of nitro benzene ring substituents is 1. The lowest BCUT2D eigenvalue weighted by atomic mass is 10.1. The number of unbranched alkanes of at least 4 members (excludes halogenated alkanes) is 3. The molecule has 7 heteroatoms. The van der Waals surface area contributed by atoms with Gasteiger partial charge in [-0.3, -0.25) is 10.1 Å². The van der Waals surface area contributed by atoms with E-state index in [1.165, 1.54) is 23.9 Å². The van der Waals surface area contributed by atoms with E-state index < -0.39 is 4.92 Å². The predicted octanol–water partition coefficient (Wildman–Crippen LogP) is 6.04. The van der Waals surface area contributed by atoms with Crippen LogP contribution in [0.5, 0.6) is 0 Å². The van der Waals surface area contributed by atoms with Crippen LogP contribution in [-0.4, -0.2) is 43.3 Å². The van der Waals surface area contributed by atoms with Crippen LogP contribution in [0.25, 0.3) is 12.2 Å². The van der Waals surface area contributed by atoms with Crippen LogP contribution in [-0.2, 0) is 14.3 Å². The molecule has 3 rings (SSSR count). The number of nitrogens with zero attached hydrogens (tertiary/aromatic N) is 2. The first-order chi connectivity index (χ1) is 17.0. The highest BCUT2D eigenvalue weighted by Crippen LogP contribution is 2.23. The highest BCUT2D eigenvalue weighted by molar-refractivity contribution is 5.81. The fourth-order valence-electron chi connectivity index (χ4n) is 4.02. The molecule has 0 spiro atoms. The average molecular weight is 479 g/mol. The van der Waals surface area contributed by atoms with E-state index in [2.05, 4.69) is 35.7 Å². The number of carbonyl (C=O) groups excluding carboxylic acids is 1. The van der Waals surface area contributed by atoms with Gasteiger partial charge in [0.25, 0.3) is 5.69 Å². The Morgan fingerprint density at radius 3 is 2.09 bits per heavy atom. The summed E-state index contributed by atoms with van der Waals surface area (Å²) in [6.07, 6.45) is 11.6. The molecule has 35 heavy (non-hydrogen) atoms. The Bertz CT molecular complexity index is 977. The van der Waals surface area contributed by atoms with Crippen molar-refractivity contribution in [2.45, 2.75) is 44.6 Å². The summed E-state index contributed by atoms with van der Waals surface area (Å²) in [5.41, 5.74) is 3.33. The van der Waals surface area contributed by atoms with Crippen molar-refractivity contribution in [3.05, 3.63) is 82.4 Å². The van der Waals surface area contributed by atoms with Gasteiger partial charge in [0, 0.05) is 43.6 Å². The number of anilines is 1. The summed E-state index contributed by atoms with van der Waals surface area (Å²) >= 11 is 0. The summed E-state index contributed by atoms with van der Waals surface area (Å²) in [6, 6.07) is 15.0. The highest BCUT2D eigenvalue weighted by atomic mass is 16.6. The minimum atomic E-state index is -0.391. The quantitative estimate of drug-likeness (QED) is 0.0872. The molecule has 1 aliphatic rings. The summed E-state index contributed by atoms with van der Waals surface area (Å²) in [5.74, 6) is -0.355. The molecular formula is C28H34N2O5. The second kappa shape index (κ2) is 14.1. The molecule has 7 nitrogen and oxygen atoms in total. The molecule has 0 atom stereocenters. The van der Waals surface area contributed by atoms with Crippen LogP contribution in [0.3, 0.4) is 0 Å². The first kappa shape index (κ1) is 26.2. The van der Waals surface area contributed by atoms with Crippen LogP contribution in [0.15, 0.2) is 61.2 Å². The van der Waals surface area contributed by atoms with Crippen LogP contribution >= 0.6 is 0 Å². The van der Waals surface area contributed by atoms with Gasteiger partial charge in [-0.2, -0.15) is 0 Å². The van der Waals surface area contributed by atoms with Crippen molar-refractivity contribution in [2.24, 2.45) is 0 Å². The van der Waals surface area contributed by atoms with E-state index in [0.29, 0.717) is 12.7 Å². The maximum Gasteiger partial charge on any atom is 0.330 e. The molecule has 0 aliphatic carbocycles. The average Bonchev–Trinajstić information content (AvgIpc) is 2.89. The summed E-state index contributed by atoms with van der Waals surface area (Å²) in [4.78, 5) is 23.7. The van der Waals surface area contributed by atoms with Crippen LogP contribution in [0.1, 0.15) is 49.7 Å². The van der Waals surface area contributed by atoms with Crippen molar-refractivity contribution in [3.63, 3.8) is 0 Å². The third kappa shape index (κ3) is 9.02. The van der Waals surface area contributed by atoms with E-state index >= 15 is 0 Å². The fourth-order valence-corrected chi connectivity index (χ4v) is 4.02. The number of benzene rings is 2. The number of hydrogen-bond acceptors (Lipinski definition) is 6. The summed E-state index contributed by atoms with van der Waals surface area (Å²) in [6.45, 7) is 6.59. The topological polar surface area (TPSA) is 81.9 Å². The number of ether oxygens (including phenoxy) is 2. The molecule has 2 aromatic carbocycles. The van der Waals surface area contributed by atoms with Gasteiger partial charge in [0.15, 0.2) is 0 Å². The Labute approximate surface area is 207 Å². The van der Waals surface area contributed by atoms with Crippen molar-refractivity contribution < 1.29 is 19.2 Å². The third-order valence-electron chi connectivity index (χ3n) is 6.08. The minimum Gasteiger partial charge on any atom is -0.463 e. The minimum absolute atomic E-state index is 0.0985. The molecule has 0 saturated carbocycles. The number of carbonyl (C=O) groups is 1. The Kier molecular flexibility index (Phi) is 10.5. The second-order valence-electron chi connectivity index (χ2n) is 8.62. The van der Waals surface area contributed by atoms with Gasteiger partial charge in [0.05, 0.1) is 17.6 Å². The van der Waals surface area contributed by atoms with Gasteiger partial charge < -0.3 is 14.4 Å². The molecule has 1 aliphatic heterocycles. The largest absolute Gasteiger partial charge is 0.463 e. The van der Waals surface area contributed by atoms with Crippen molar-refractivity contribution in [3.8, 4) is 0 Å². The van der Waals surface area contributed by atoms with Crippen molar-refractivity contribution in [2.75, 3.05) is 31.2 Å². The van der Waals surface area contributed by atoms with Crippen molar-refractivity contribution >= 4 is 29.5 Å². The lowest BCUT2D eigenvalue weighted by Gasteiger charge is -2.33. The monoisotopic (exact) mass is 478 g/mol. The van der Waals surface area contributed by atoms with E-state index in [-0.39, 0.29) is 11.7 Å². The van der Waals surface area contributed by atoms with Crippen LogP contribution in [0.4, 0.5) is 11.4 Å².